The quantitative estimate of drug-likeness (QED) is 0.110. The second-order valence-corrected chi connectivity index (χ2v) is 18.5. The van der Waals surface area contributed by atoms with E-state index in [1.54, 1.807) is 97.1 Å². The molecular weight excluding hydrogens is 902 g/mol. The molecule has 4 aliphatic rings. The molecule has 16 heteroatoms. The van der Waals surface area contributed by atoms with Gasteiger partial charge in [0.15, 0.2) is 23.1 Å². The zero-order chi connectivity index (χ0) is 47.0. The molecule has 344 valence electrons. The molecule has 0 bridgehead atoms. The predicted octanol–water partition coefficient (Wildman–Crippen LogP) is 6.43. The molecule has 4 aromatic carbocycles. The van der Waals surface area contributed by atoms with Crippen molar-refractivity contribution in [3.05, 3.63) is 139 Å². The molecule has 0 heterocycles. The van der Waals surface area contributed by atoms with Gasteiger partial charge in [0, 0.05) is 20.1 Å². The van der Waals surface area contributed by atoms with E-state index in [1.807, 2.05) is 0 Å². The molecule has 0 aliphatic heterocycles. The lowest BCUT2D eigenvalue weighted by Gasteiger charge is -2.35. The standard InChI is InChI=1S/4C12H14ClNO2/c4*13-9-5-2-1-4-8(9)12(14)7-3-6-10(15)11(12)16/h4*1-2,4-5,10,15H,3,6-7,14H2/t2*10-,12+;2*10-,12-/m1010/s1. The number of carbonyl (C=O) groups excluding carboxylic acids is 4. The maximum Gasteiger partial charge on any atom is 0.185 e. The van der Waals surface area contributed by atoms with E-state index >= 15 is 0 Å². The number of carbonyl (C=O) groups is 4. The number of aliphatic hydroxyl groups is 4. The topological polar surface area (TPSA) is 253 Å². The van der Waals surface area contributed by atoms with Gasteiger partial charge in [-0.15, -0.1) is 0 Å². The highest BCUT2D eigenvalue weighted by atomic mass is 35.5. The predicted molar refractivity (Wildman–Crippen MR) is 249 cm³/mol. The summed E-state index contributed by atoms with van der Waals surface area (Å²) in [5, 5.41) is 40.3. The van der Waals surface area contributed by atoms with E-state index in [0.717, 1.165) is 25.7 Å². The van der Waals surface area contributed by atoms with Crippen molar-refractivity contribution in [2.45, 2.75) is 124 Å². The van der Waals surface area contributed by atoms with E-state index in [-0.39, 0.29) is 23.1 Å². The highest BCUT2D eigenvalue weighted by Crippen LogP contribution is 2.39. The van der Waals surface area contributed by atoms with Crippen LogP contribution in [0.25, 0.3) is 0 Å². The van der Waals surface area contributed by atoms with E-state index in [4.69, 9.17) is 69.3 Å². The number of halogens is 4. The monoisotopic (exact) mass is 956 g/mol. The van der Waals surface area contributed by atoms with Crippen LogP contribution in [0.1, 0.15) is 99.3 Å². The van der Waals surface area contributed by atoms with Gasteiger partial charge in [-0.05, 0) is 124 Å². The van der Waals surface area contributed by atoms with Crippen LogP contribution in [0.2, 0.25) is 20.1 Å². The van der Waals surface area contributed by atoms with Crippen molar-refractivity contribution in [3.63, 3.8) is 0 Å². The van der Waals surface area contributed by atoms with Crippen LogP contribution in [0.3, 0.4) is 0 Å². The van der Waals surface area contributed by atoms with E-state index < -0.39 is 46.6 Å². The molecule has 0 aromatic heterocycles. The number of hydrogen-bond donors (Lipinski definition) is 8. The van der Waals surface area contributed by atoms with Crippen LogP contribution in [0.4, 0.5) is 0 Å². The molecular formula is C48H56Cl4N4O8. The van der Waals surface area contributed by atoms with Gasteiger partial charge in [-0.25, -0.2) is 0 Å². The minimum atomic E-state index is -1.13. The largest absolute Gasteiger partial charge is 0.385 e. The van der Waals surface area contributed by atoms with Crippen LogP contribution in [0.15, 0.2) is 97.1 Å². The van der Waals surface area contributed by atoms with Crippen LogP contribution in [0.5, 0.6) is 0 Å². The zero-order valence-electron chi connectivity index (χ0n) is 35.3. The van der Waals surface area contributed by atoms with Crippen LogP contribution >= 0.6 is 46.4 Å². The fourth-order valence-electron chi connectivity index (χ4n) is 8.87. The molecule has 0 saturated heterocycles. The summed E-state index contributed by atoms with van der Waals surface area (Å²) in [5.74, 6) is -1.31. The van der Waals surface area contributed by atoms with Gasteiger partial charge in [-0.3, -0.25) is 19.2 Å². The minimum Gasteiger partial charge on any atom is -0.385 e. The third-order valence-electron chi connectivity index (χ3n) is 12.6. The average molecular weight is 959 g/mol. The maximum atomic E-state index is 12.0. The lowest BCUT2D eigenvalue weighted by Crippen LogP contribution is -2.52. The molecule has 0 unspecified atom stereocenters. The zero-order valence-corrected chi connectivity index (χ0v) is 38.3. The van der Waals surface area contributed by atoms with Crippen molar-refractivity contribution >= 4 is 69.5 Å². The summed E-state index contributed by atoms with van der Waals surface area (Å²) in [6, 6.07) is 28.2. The number of nitrogens with two attached hydrogens (primary N) is 4. The summed E-state index contributed by atoms with van der Waals surface area (Å²) in [5.41, 5.74) is 22.4. The number of aliphatic hydroxyl groups excluding tert-OH is 4. The molecule has 0 radical (unpaired) electrons. The molecule has 0 amide bonds. The third-order valence-corrected chi connectivity index (χ3v) is 13.9. The Bertz CT molecular complexity index is 2000. The average Bonchev–Trinajstić information content (AvgIpc) is 3.27. The molecule has 4 aromatic rings. The Hall–Kier alpha value is -3.60. The first-order valence-corrected chi connectivity index (χ1v) is 22.8. The number of hydrogen-bond acceptors (Lipinski definition) is 12. The van der Waals surface area contributed by atoms with Gasteiger partial charge in [0.05, 0.1) is 0 Å². The first-order valence-electron chi connectivity index (χ1n) is 21.3. The molecule has 8 atom stereocenters. The number of ketones is 4. The summed E-state index contributed by atoms with van der Waals surface area (Å²) in [6.45, 7) is 0. The Morgan fingerprint density at radius 3 is 0.703 bits per heavy atom. The van der Waals surface area contributed by atoms with E-state index in [0.29, 0.717) is 93.7 Å². The molecule has 4 aliphatic carbocycles. The Balaban J connectivity index is 0.000000161. The molecule has 4 saturated carbocycles. The van der Waals surface area contributed by atoms with Crippen LogP contribution in [0, 0.1) is 0 Å². The van der Waals surface area contributed by atoms with Crippen LogP contribution < -0.4 is 22.9 Å². The van der Waals surface area contributed by atoms with E-state index in [9.17, 15) is 39.6 Å². The Morgan fingerprint density at radius 1 is 0.359 bits per heavy atom. The molecule has 12 N–H and O–H groups in total. The van der Waals surface area contributed by atoms with Gasteiger partial charge >= 0.3 is 0 Å². The second kappa shape index (κ2) is 21.8. The Morgan fingerprint density at radius 2 is 0.531 bits per heavy atom. The Labute approximate surface area is 393 Å². The van der Waals surface area contributed by atoms with Crippen molar-refractivity contribution in [1.29, 1.82) is 0 Å². The summed E-state index contributed by atoms with van der Waals surface area (Å²) in [4.78, 5) is 47.9. The van der Waals surface area contributed by atoms with Crippen molar-refractivity contribution in [2.75, 3.05) is 0 Å². The van der Waals surface area contributed by atoms with Gasteiger partial charge in [-0.1, -0.05) is 119 Å². The molecule has 0 spiro atoms. The summed E-state index contributed by atoms with van der Waals surface area (Å²) in [6.07, 6.45) is 3.16. The lowest BCUT2D eigenvalue weighted by molar-refractivity contribution is -0.136. The SMILES string of the molecule is N[C@@]1(c2ccccc2Cl)CCC[C@@H](O)C1=O.N[C@@]1(c2ccccc2Cl)CCC[C@H](O)C1=O.N[C@]1(c2ccccc2Cl)CCC[C@@H](O)C1=O.N[C@]1(c2ccccc2Cl)CCC[C@H](O)C1=O. The van der Waals surface area contributed by atoms with Crippen molar-refractivity contribution in [2.24, 2.45) is 22.9 Å². The molecule has 8 rings (SSSR count). The first-order chi connectivity index (χ1) is 30.2. The van der Waals surface area contributed by atoms with Crippen molar-refractivity contribution in [1.82, 2.24) is 0 Å². The first kappa shape index (κ1) is 51.4. The number of benzene rings is 4. The minimum absolute atomic E-state index is 0.327. The fraction of sp³-hybridized carbons (Fsp3) is 0.417. The van der Waals surface area contributed by atoms with Crippen molar-refractivity contribution in [3.8, 4) is 0 Å². The highest BCUT2D eigenvalue weighted by Gasteiger charge is 2.46. The van der Waals surface area contributed by atoms with Gasteiger partial charge in [0.1, 0.15) is 46.6 Å². The summed E-state index contributed by atoms with van der Waals surface area (Å²) < 4.78 is 0. The normalized spacial score (nSPS) is 30.4. The van der Waals surface area contributed by atoms with Crippen LogP contribution in [-0.4, -0.2) is 68.0 Å². The third kappa shape index (κ3) is 11.0. The highest BCUT2D eigenvalue weighted by molar-refractivity contribution is 6.33. The number of rotatable bonds is 4. The maximum absolute atomic E-state index is 12.0. The summed E-state index contributed by atoms with van der Waals surface area (Å²) in [7, 11) is 0. The van der Waals surface area contributed by atoms with Crippen molar-refractivity contribution < 1.29 is 39.6 Å². The van der Waals surface area contributed by atoms with E-state index in [1.165, 1.54) is 0 Å². The fourth-order valence-corrected chi connectivity index (χ4v) is 10.1. The van der Waals surface area contributed by atoms with Gasteiger partial charge in [0.25, 0.3) is 0 Å². The van der Waals surface area contributed by atoms with Gasteiger partial charge < -0.3 is 43.4 Å². The lowest BCUT2D eigenvalue weighted by atomic mass is 9.75. The molecule has 12 nitrogen and oxygen atoms in total. The number of Topliss-reactive ketones (excluding diaryl/α,β-unsaturated/α-hetero) is 4. The van der Waals surface area contributed by atoms with Gasteiger partial charge in [0.2, 0.25) is 0 Å². The smallest absolute Gasteiger partial charge is 0.185 e. The Kier molecular flexibility index (Phi) is 17.5. The van der Waals surface area contributed by atoms with Crippen LogP contribution in [-0.2, 0) is 41.3 Å². The second-order valence-electron chi connectivity index (χ2n) is 16.9. The molecule has 64 heavy (non-hydrogen) atoms. The van der Waals surface area contributed by atoms with E-state index in [2.05, 4.69) is 0 Å². The van der Waals surface area contributed by atoms with Gasteiger partial charge in [-0.2, -0.15) is 0 Å². The summed E-state index contributed by atoms with van der Waals surface area (Å²) >= 11 is 24.2. The molecule has 4 fully saturated rings.